The number of hydrogen-bond acceptors (Lipinski definition) is 5. The number of nitrogens with zero attached hydrogens (tertiary/aromatic N) is 2. The third-order valence-electron chi connectivity index (χ3n) is 5.35. The Morgan fingerprint density at radius 1 is 1.00 bits per heavy atom. The topological polar surface area (TPSA) is 43.8 Å². The number of ether oxygens (including phenoxy) is 3. The van der Waals surface area contributed by atoms with Crippen molar-refractivity contribution in [2.24, 2.45) is 0 Å². The minimum absolute atomic E-state index is 0.139. The molecular weight excluding hydrogens is 400 g/mol. The molecular formula is C24H25ClN2O3. The second kappa shape index (κ2) is 8.94. The average Bonchev–Trinajstić information content (AvgIpc) is 3.19. The standard InChI is InChI=1S/C24H25ClN2O3/c1-27-13-11-17(15-27)30-22-14-16(9-10-19(22)25)24-18(6-5-12-26-24)23-20(28-2)7-4-8-21(23)29-3/h4-10,12,14,17H,11,13,15H2,1-3H3. The van der Waals surface area contributed by atoms with Gasteiger partial charge >= 0.3 is 0 Å². The van der Waals surface area contributed by atoms with E-state index in [2.05, 4.69) is 16.9 Å². The first-order chi connectivity index (χ1) is 14.6. The van der Waals surface area contributed by atoms with Crippen LogP contribution in [-0.2, 0) is 0 Å². The van der Waals surface area contributed by atoms with Gasteiger partial charge in [-0.3, -0.25) is 4.98 Å². The van der Waals surface area contributed by atoms with Gasteiger partial charge in [-0.05, 0) is 43.8 Å². The van der Waals surface area contributed by atoms with Gasteiger partial charge in [0, 0.05) is 30.4 Å². The number of pyridine rings is 1. The molecule has 1 aliphatic heterocycles. The van der Waals surface area contributed by atoms with Crippen molar-refractivity contribution in [1.29, 1.82) is 0 Å². The molecule has 3 aromatic rings. The fourth-order valence-electron chi connectivity index (χ4n) is 3.87. The van der Waals surface area contributed by atoms with Crippen molar-refractivity contribution in [2.45, 2.75) is 12.5 Å². The van der Waals surface area contributed by atoms with Gasteiger partial charge in [-0.15, -0.1) is 0 Å². The largest absolute Gasteiger partial charge is 0.496 e. The summed E-state index contributed by atoms with van der Waals surface area (Å²) in [7, 11) is 5.41. The molecule has 2 heterocycles. The zero-order valence-electron chi connectivity index (χ0n) is 17.4. The molecule has 5 nitrogen and oxygen atoms in total. The lowest BCUT2D eigenvalue weighted by atomic mass is 9.97. The van der Waals surface area contributed by atoms with Gasteiger partial charge in [-0.25, -0.2) is 0 Å². The molecule has 1 fully saturated rings. The van der Waals surface area contributed by atoms with Crippen LogP contribution in [0.3, 0.4) is 0 Å². The molecule has 0 spiro atoms. The van der Waals surface area contributed by atoms with Crippen LogP contribution in [0.4, 0.5) is 0 Å². The Kier molecular flexibility index (Phi) is 6.11. The maximum Gasteiger partial charge on any atom is 0.139 e. The summed E-state index contributed by atoms with van der Waals surface area (Å²) in [6.45, 7) is 1.92. The Balaban J connectivity index is 1.78. The van der Waals surface area contributed by atoms with E-state index in [1.807, 2.05) is 48.5 Å². The van der Waals surface area contributed by atoms with Crippen LogP contribution < -0.4 is 14.2 Å². The predicted octanol–water partition coefficient (Wildman–Crippen LogP) is 5.17. The van der Waals surface area contributed by atoms with Crippen molar-refractivity contribution < 1.29 is 14.2 Å². The number of likely N-dealkylation sites (tertiary alicyclic amines) is 1. The van der Waals surface area contributed by atoms with E-state index in [-0.39, 0.29) is 6.10 Å². The zero-order valence-corrected chi connectivity index (χ0v) is 18.1. The second-order valence-electron chi connectivity index (χ2n) is 7.37. The van der Waals surface area contributed by atoms with Crippen molar-refractivity contribution in [1.82, 2.24) is 9.88 Å². The number of benzene rings is 2. The summed E-state index contributed by atoms with van der Waals surface area (Å²) in [5.74, 6) is 2.13. The van der Waals surface area contributed by atoms with Crippen LogP contribution in [0, 0.1) is 0 Å². The molecule has 30 heavy (non-hydrogen) atoms. The van der Waals surface area contributed by atoms with Crippen LogP contribution in [0.2, 0.25) is 5.02 Å². The summed E-state index contributed by atoms with van der Waals surface area (Å²) in [6.07, 6.45) is 2.91. The molecule has 1 saturated heterocycles. The molecule has 2 aromatic carbocycles. The summed E-state index contributed by atoms with van der Waals surface area (Å²) in [6, 6.07) is 15.5. The summed E-state index contributed by atoms with van der Waals surface area (Å²) in [5, 5.41) is 0.598. The molecule has 0 amide bonds. The molecule has 0 aliphatic carbocycles. The molecule has 6 heteroatoms. The van der Waals surface area contributed by atoms with Crippen LogP contribution in [0.1, 0.15) is 6.42 Å². The smallest absolute Gasteiger partial charge is 0.139 e. The Labute approximate surface area is 182 Å². The quantitative estimate of drug-likeness (QED) is 0.546. The van der Waals surface area contributed by atoms with E-state index in [0.29, 0.717) is 10.8 Å². The van der Waals surface area contributed by atoms with Crippen molar-refractivity contribution in [3.63, 3.8) is 0 Å². The molecule has 0 N–H and O–H groups in total. The molecule has 0 radical (unpaired) electrons. The summed E-state index contributed by atoms with van der Waals surface area (Å²) >= 11 is 6.45. The van der Waals surface area contributed by atoms with Crippen LogP contribution in [-0.4, -0.2) is 50.3 Å². The minimum atomic E-state index is 0.139. The summed E-state index contributed by atoms with van der Waals surface area (Å²) in [5.41, 5.74) is 3.51. The Hall–Kier alpha value is -2.76. The van der Waals surface area contributed by atoms with Gasteiger partial charge in [0.15, 0.2) is 0 Å². The normalized spacial score (nSPS) is 16.5. The third-order valence-corrected chi connectivity index (χ3v) is 5.66. The molecule has 156 valence electrons. The van der Waals surface area contributed by atoms with Crippen LogP contribution in [0.25, 0.3) is 22.4 Å². The highest BCUT2D eigenvalue weighted by Crippen LogP contribution is 2.43. The van der Waals surface area contributed by atoms with E-state index in [1.54, 1.807) is 20.4 Å². The average molecular weight is 425 g/mol. The van der Waals surface area contributed by atoms with Crippen molar-refractivity contribution in [2.75, 3.05) is 34.4 Å². The van der Waals surface area contributed by atoms with Crippen LogP contribution in [0.5, 0.6) is 17.2 Å². The van der Waals surface area contributed by atoms with Crippen molar-refractivity contribution in [3.8, 4) is 39.6 Å². The molecule has 0 bridgehead atoms. The second-order valence-corrected chi connectivity index (χ2v) is 7.78. The summed E-state index contributed by atoms with van der Waals surface area (Å²) in [4.78, 5) is 6.93. The maximum absolute atomic E-state index is 6.45. The lowest BCUT2D eigenvalue weighted by molar-refractivity contribution is 0.208. The number of likely N-dealkylation sites (N-methyl/N-ethyl adjacent to an activating group) is 1. The van der Waals surface area contributed by atoms with E-state index >= 15 is 0 Å². The molecule has 0 saturated carbocycles. The number of aromatic nitrogens is 1. The molecule has 1 aromatic heterocycles. The van der Waals surface area contributed by atoms with Gasteiger partial charge in [-0.2, -0.15) is 0 Å². The van der Waals surface area contributed by atoms with E-state index in [9.17, 15) is 0 Å². The summed E-state index contributed by atoms with van der Waals surface area (Å²) < 4.78 is 17.5. The highest BCUT2D eigenvalue weighted by Gasteiger charge is 2.23. The van der Waals surface area contributed by atoms with Crippen molar-refractivity contribution >= 4 is 11.6 Å². The zero-order chi connectivity index (χ0) is 21.1. The van der Waals surface area contributed by atoms with Crippen LogP contribution in [0.15, 0.2) is 54.7 Å². The predicted molar refractivity (Wildman–Crippen MR) is 120 cm³/mol. The first kappa shape index (κ1) is 20.5. The van der Waals surface area contributed by atoms with Gasteiger partial charge < -0.3 is 19.1 Å². The number of rotatable bonds is 6. The Morgan fingerprint density at radius 2 is 1.77 bits per heavy atom. The monoisotopic (exact) mass is 424 g/mol. The fraction of sp³-hybridized carbons (Fsp3) is 0.292. The van der Waals surface area contributed by atoms with Crippen molar-refractivity contribution in [3.05, 3.63) is 59.8 Å². The first-order valence-corrected chi connectivity index (χ1v) is 10.3. The number of methoxy groups -OCH3 is 2. The van der Waals surface area contributed by atoms with Crippen LogP contribution >= 0.6 is 11.6 Å². The maximum atomic E-state index is 6.45. The fourth-order valence-corrected chi connectivity index (χ4v) is 4.03. The molecule has 1 unspecified atom stereocenters. The lowest BCUT2D eigenvalue weighted by Gasteiger charge is -2.18. The molecule has 1 atom stereocenters. The minimum Gasteiger partial charge on any atom is -0.496 e. The molecule has 1 aliphatic rings. The van der Waals surface area contributed by atoms with Gasteiger partial charge in [0.25, 0.3) is 0 Å². The third kappa shape index (κ3) is 4.09. The van der Waals surface area contributed by atoms with E-state index in [1.165, 1.54) is 0 Å². The Bertz CT molecular complexity index is 1020. The van der Waals surface area contributed by atoms with E-state index < -0.39 is 0 Å². The Morgan fingerprint density at radius 3 is 2.43 bits per heavy atom. The van der Waals surface area contributed by atoms with Gasteiger partial charge in [-0.1, -0.05) is 29.8 Å². The van der Waals surface area contributed by atoms with Gasteiger partial charge in [0.05, 0.1) is 30.5 Å². The molecule has 4 rings (SSSR count). The highest BCUT2D eigenvalue weighted by molar-refractivity contribution is 6.32. The van der Waals surface area contributed by atoms with E-state index in [0.717, 1.165) is 53.4 Å². The van der Waals surface area contributed by atoms with E-state index in [4.69, 9.17) is 25.8 Å². The van der Waals surface area contributed by atoms with Gasteiger partial charge in [0.2, 0.25) is 0 Å². The number of hydrogen-bond donors (Lipinski definition) is 0. The lowest BCUT2D eigenvalue weighted by Crippen LogP contribution is -2.21. The number of halogens is 1. The first-order valence-electron chi connectivity index (χ1n) is 9.92. The SMILES string of the molecule is COc1cccc(OC)c1-c1cccnc1-c1ccc(Cl)c(OC2CCN(C)C2)c1. The highest BCUT2D eigenvalue weighted by atomic mass is 35.5. The van der Waals surface area contributed by atoms with Gasteiger partial charge in [0.1, 0.15) is 23.4 Å².